The van der Waals surface area contributed by atoms with E-state index in [0.29, 0.717) is 31.7 Å². The van der Waals surface area contributed by atoms with Crippen molar-refractivity contribution in [1.29, 1.82) is 0 Å². The van der Waals surface area contributed by atoms with Gasteiger partial charge in [0.1, 0.15) is 0 Å². The third-order valence-electron chi connectivity index (χ3n) is 7.53. The number of carbonyl (C=O) groups is 2. The molecule has 0 fully saturated rings. The number of aliphatic hydroxyl groups is 1. The largest absolute Gasteiger partial charge is 0.391 e. The summed E-state index contributed by atoms with van der Waals surface area (Å²) >= 11 is 0. The van der Waals surface area contributed by atoms with Crippen molar-refractivity contribution >= 4 is 17.5 Å². The summed E-state index contributed by atoms with van der Waals surface area (Å²) in [6.07, 6.45) is 8.22. The summed E-state index contributed by atoms with van der Waals surface area (Å²) in [5.41, 5.74) is 8.32. The lowest BCUT2D eigenvalue weighted by molar-refractivity contribution is -0.125. The van der Waals surface area contributed by atoms with E-state index >= 15 is 0 Å². The highest BCUT2D eigenvalue weighted by atomic mass is 16.3. The fourth-order valence-electron chi connectivity index (χ4n) is 5.35. The maximum atomic E-state index is 13.6. The van der Waals surface area contributed by atoms with Crippen molar-refractivity contribution in [3.05, 3.63) is 29.8 Å². The average molecular weight is 502 g/mol. The third-order valence-corrected chi connectivity index (χ3v) is 7.53. The van der Waals surface area contributed by atoms with Gasteiger partial charge in [0.2, 0.25) is 11.8 Å². The summed E-state index contributed by atoms with van der Waals surface area (Å²) < 4.78 is 0. The molecule has 1 aromatic carbocycles. The van der Waals surface area contributed by atoms with Crippen LogP contribution in [0, 0.1) is 17.3 Å². The Labute approximate surface area is 219 Å². The second kappa shape index (κ2) is 14.7. The number of benzene rings is 1. The SMILES string of the molecule is CCCCC[C@@H]1Cc2ccccc2N(C(=O)CC(C)(C)C[C@H](N)[C@@H](O)C[C@@H](C)C(=O)NCCCC)C1. The molecule has 36 heavy (non-hydrogen) atoms. The minimum atomic E-state index is -0.787. The first-order chi connectivity index (χ1) is 17.1. The van der Waals surface area contributed by atoms with E-state index in [4.69, 9.17) is 5.73 Å². The number of carbonyl (C=O) groups excluding carboxylic acids is 2. The number of hydrogen-bond donors (Lipinski definition) is 3. The maximum Gasteiger partial charge on any atom is 0.227 e. The number of nitrogens with two attached hydrogens (primary N) is 1. The van der Waals surface area contributed by atoms with Crippen LogP contribution in [-0.2, 0) is 16.0 Å². The Bertz CT molecular complexity index is 825. The van der Waals surface area contributed by atoms with E-state index in [2.05, 4.69) is 37.4 Å². The Morgan fingerprint density at radius 3 is 2.56 bits per heavy atom. The van der Waals surface area contributed by atoms with Crippen LogP contribution in [0.1, 0.15) is 98.0 Å². The summed E-state index contributed by atoms with van der Waals surface area (Å²) in [7, 11) is 0. The van der Waals surface area contributed by atoms with Crippen molar-refractivity contribution in [2.24, 2.45) is 23.0 Å². The number of aliphatic hydroxyl groups excluding tert-OH is 1. The molecule has 4 N–H and O–H groups in total. The van der Waals surface area contributed by atoms with E-state index in [-0.39, 0.29) is 23.1 Å². The van der Waals surface area contributed by atoms with Crippen LogP contribution in [0.5, 0.6) is 0 Å². The first-order valence-corrected chi connectivity index (χ1v) is 14.2. The molecule has 1 aliphatic heterocycles. The molecule has 0 aromatic heterocycles. The van der Waals surface area contributed by atoms with Crippen LogP contribution in [0.3, 0.4) is 0 Å². The molecule has 0 saturated heterocycles. The standard InChI is InChI=1S/C30H51N3O3/c1-6-8-10-13-23-18-24-14-11-12-15-26(24)33(21-23)28(35)20-30(4,5)19-25(31)27(34)17-22(3)29(36)32-16-9-7-2/h11-12,14-15,22-23,25,27,34H,6-10,13,16-21,31H2,1-5H3,(H,32,36)/t22-,23-,25+,27+/m1/s1. The van der Waals surface area contributed by atoms with Gasteiger partial charge in [0.25, 0.3) is 0 Å². The molecule has 4 atom stereocenters. The second-order valence-corrected chi connectivity index (χ2v) is 11.8. The van der Waals surface area contributed by atoms with E-state index in [0.717, 1.165) is 37.9 Å². The molecule has 0 spiro atoms. The van der Waals surface area contributed by atoms with Gasteiger partial charge >= 0.3 is 0 Å². The lowest BCUT2D eigenvalue weighted by Crippen LogP contribution is -2.44. The predicted octanol–water partition coefficient (Wildman–Crippen LogP) is 5.21. The molecule has 204 valence electrons. The third kappa shape index (κ3) is 9.51. The smallest absolute Gasteiger partial charge is 0.227 e. The molecular weight excluding hydrogens is 450 g/mol. The molecule has 1 heterocycles. The van der Waals surface area contributed by atoms with Crippen molar-refractivity contribution in [2.75, 3.05) is 18.0 Å². The fraction of sp³-hybridized carbons (Fsp3) is 0.733. The van der Waals surface area contributed by atoms with Crippen LogP contribution in [0.2, 0.25) is 0 Å². The Balaban J connectivity index is 1.96. The van der Waals surface area contributed by atoms with Gasteiger partial charge < -0.3 is 21.1 Å². The molecule has 6 nitrogen and oxygen atoms in total. The van der Waals surface area contributed by atoms with E-state index in [1.165, 1.54) is 24.8 Å². The number of nitrogens with zero attached hydrogens (tertiary/aromatic N) is 1. The van der Waals surface area contributed by atoms with Gasteiger partial charge in [0.15, 0.2) is 0 Å². The van der Waals surface area contributed by atoms with Gasteiger partial charge in [-0.1, -0.05) is 78.5 Å². The number of fused-ring (bicyclic) bond motifs is 1. The summed E-state index contributed by atoms with van der Waals surface area (Å²) in [4.78, 5) is 27.8. The predicted molar refractivity (Wildman–Crippen MR) is 149 cm³/mol. The van der Waals surface area contributed by atoms with Crippen molar-refractivity contribution in [2.45, 2.75) is 111 Å². The lowest BCUT2D eigenvalue weighted by Gasteiger charge is -2.37. The quantitative estimate of drug-likeness (QED) is 0.288. The van der Waals surface area contributed by atoms with Crippen LogP contribution < -0.4 is 16.0 Å². The molecule has 0 unspecified atom stereocenters. The van der Waals surface area contributed by atoms with Crippen molar-refractivity contribution in [3.63, 3.8) is 0 Å². The number of unbranched alkanes of at least 4 members (excludes halogenated alkanes) is 3. The summed E-state index contributed by atoms with van der Waals surface area (Å²) in [5.74, 6) is 0.272. The number of nitrogens with one attached hydrogen (secondary N) is 1. The normalized spacial score (nSPS) is 18.3. The zero-order valence-corrected chi connectivity index (χ0v) is 23.4. The van der Waals surface area contributed by atoms with Gasteiger partial charge in [-0.05, 0) is 55.1 Å². The number of rotatable bonds is 15. The van der Waals surface area contributed by atoms with Crippen LogP contribution in [0.15, 0.2) is 24.3 Å². The Hall–Kier alpha value is -1.92. The molecule has 0 bridgehead atoms. The van der Waals surface area contributed by atoms with Crippen LogP contribution in [-0.4, -0.2) is 42.2 Å². The molecule has 2 rings (SSSR count). The van der Waals surface area contributed by atoms with Crippen LogP contribution in [0.25, 0.3) is 0 Å². The Morgan fingerprint density at radius 1 is 1.17 bits per heavy atom. The minimum absolute atomic E-state index is 0.0404. The summed E-state index contributed by atoms with van der Waals surface area (Å²) in [5, 5.41) is 13.6. The monoisotopic (exact) mass is 501 g/mol. The summed E-state index contributed by atoms with van der Waals surface area (Å²) in [6, 6.07) is 7.79. The first kappa shape index (κ1) is 30.3. The molecule has 0 saturated carbocycles. The Kier molecular flexibility index (Phi) is 12.4. The fourth-order valence-corrected chi connectivity index (χ4v) is 5.35. The zero-order chi connectivity index (χ0) is 26.7. The first-order valence-electron chi connectivity index (χ1n) is 14.2. The van der Waals surface area contributed by atoms with Gasteiger partial charge in [-0.3, -0.25) is 9.59 Å². The van der Waals surface area contributed by atoms with Crippen LogP contribution >= 0.6 is 0 Å². The molecule has 1 aromatic rings. The van der Waals surface area contributed by atoms with Gasteiger partial charge in [0.05, 0.1) is 6.10 Å². The summed E-state index contributed by atoms with van der Waals surface area (Å²) in [6.45, 7) is 11.7. The number of hydrogen-bond acceptors (Lipinski definition) is 4. The molecule has 0 radical (unpaired) electrons. The topological polar surface area (TPSA) is 95.7 Å². The molecule has 1 aliphatic rings. The van der Waals surface area contributed by atoms with Crippen LogP contribution in [0.4, 0.5) is 5.69 Å². The van der Waals surface area contributed by atoms with E-state index in [1.807, 2.05) is 31.7 Å². The van der Waals surface area contributed by atoms with Crippen molar-refractivity contribution in [1.82, 2.24) is 5.32 Å². The highest BCUT2D eigenvalue weighted by molar-refractivity contribution is 5.95. The maximum absolute atomic E-state index is 13.6. The van der Waals surface area contributed by atoms with Gasteiger partial charge in [-0.25, -0.2) is 0 Å². The van der Waals surface area contributed by atoms with Crippen molar-refractivity contribution in [3.8, 4) is 0 Å². The van der Waals surface area contributed by atoms with E-state index in [1.54, 1.807) is 0 Å². The number of amides is 2. The molecule has 2 amide bonds. The van der Waals surface area contributed by atoms with E-state index in [9.17, 15) is 14.7 Å². The van der Waals surface area contributed by atoms with Gasteiger partial charge in [-0.15, -0.1) is 0 Å². The second-order valence-electron chi connectivity index (χ2n) is 11.8. The molecule has 0 aliphatic carbocycles. The molecule has 6 heteroatoms. The molecular formula is C30H51N3O3. The highest BCUT2D eigenvalue weighted by Gasteiger charge is 2.34. The van der Waals surface area contributed by atoms with Gasteiger partial charge in [0, 0.05) is 37.2 Å². The Morgan fingerprint density at radius 2 is 1.86 bits per heavy atom. The van der Waals surface area contributed by atoms with E-state index < -0.39 is 12.1 Å². The lowest BCUT2D eigenvalue weighted by atomic mass is 9.79. The number of para-hydroxylation sites is 1. The van der Waals surface area contributed by atoms with Crippen molar-refractivity contribution < 1.29 is 14.7 Å². The average Bonchev–Trinajstić information content (AvgIpc) is 2.83. The highest BCUT2D eigenvalue weighted by Crippen LogP contribution is 2.35. The number of anilines is 1. The zero-order valence-electron chi connectivity index (χ0n) is 23.4. The minimum Gasteiger partial charge on any atom is -0.391 e. The van der Waals surface area contributed by atoms with Gasteiger partial charge in [-0.2, -0.15) is 0 Å².